The maximum atomic E-state index is 12.5. The zero-order valence-electron chi connectivity index (χ0n) is 16.0. The lowest BCUT2D eigenvalue weighted by molar-refractivity contribution is -0.384. The van der Waals surface area contributed by atoms with Gasteiger partial charge in [-0.3, -0.25) is 19.7 Å². The van der Waals surface area contributed by atoms with Crippen LogP contribution < -0.4 is 10.1 Å². The summed E-state index contributed by atoms with van der Waals surface area (Å²) < 4.78 is 5.43. The summed E-state index contributed by atoms with van der Waals surface area (Å²) in [5.41, 5.74) is 0.954. The average Bonchev–Trinajstić information content (AvgIpc) is 2.71. The molecule has 1 atom stereocenters. The monoisotopic (exact) mass is 385 g/mol. The first-order valence-electron chi connectivity index (χ1n) is 8.85. The van der Waals surface area contributed by atoms with E-state index < -0.39 is 10.8 Å². The molecule has 2 aromatic rings. The maximum Gasteiger partial charge on any atom is 0.269 e. The molecule has 0 aliphatic heterocycles. The molecule has 0 aromatic heterocycles. The molecule has 2 amide bonds. The van der Waals surface area contributed by atoms with E-state index >= 15 is 0 Å². The predicted molar refractivity (Wildman–Crippen MR) is 104 cm³/mol. The van der Waals surface area contributed by atoms with Gasteiger partial charge in [0.2, 0.25) is 5.91 Å². The van der Waals surface area contributed by atoms with E-state index in [0.29, 0.717) is 23.5 Å². The molecule has 8 nitrogen and oxygen atoms in total. The van der Waals surface area contributed by atoms with Gasteiger partial charge in [0, 0.05) is 19.2 Å². The Bertz CT molecular complexity index is 868. The fourth-order valence-corrected chi connectivity index (χ4v) is 2.65. The Morgan fingerprint density at radius 1 is 1.21 bits per heavy atom. The molecule has 0 spiro atoms. The van der Waals surface area contributed by atoms with Crippen molar-refractivity contribution < 1.29 is 19.2 Å². The summed E-state index contributed by atoms with van der Waals surface area (Å²) in [7, 11) is 1.59. The number of nitro groups is 1. The molecule has 0 fully saturated rings. The van der Waals surface area contributed by atoms with Gasteiger partial charge in [-0.1, -0.05) is 24.3 Å². The summed E-state index contributed by atoms with van der Waals surface area (Å²) >= 11 is 0. The molecule has 0 unspecified atom stereocenters. The molecule has 1 N–H and O–H groups in total. The van der Waals surface area contributed by atoms with Crippen LogP contribution in [0.4, 0.5) is 5.69 Å². The fourth-order valence-electron chi connectivity index (χ4n) is 2.65. The van der Waals surface area contributed by atoms with E-state index in [0.717, 1.165) is 0 Å². The van der Waals surface area contributed by atoms with Gasteiger partial charge in [0.15, 0.2) is 0 Å². The second-order valence-corrected chi connectivity index (χ2v) is 6.14. The number of benzene rings is 2. The van der Waals surface area contributed by atoms with Crippen LogP contribution in [-0.2, 0) is 4.79 Å². The highest BCUT2D eigenvalue weighted by Gasteiger charge is 2.20. The highest BCUT2D eigenvalue weighted by Crippen LogP contribution is 2.23. The number of hydrogen-bond acceptors (Lipinski definition) is 5. The molecule has 2 aromatic carbocycles. The van der Waals surface area contributed by atoms with Gasteiger partial charge < -0.3 is 15.0 Å². The van der Waals surface area contributed by atoms with Crippen LogP contribution in [0.2, 0.25) is 0 Å². The van der Waals surface area contributed by atoms with E-state index in [1.807, 2.05) is 6.92 Å². The van der Waals surface area contributed by atoms with Gasteiger partial charge in [-0.15, -0.1) is 0 Å². The first-order chi connectivity index (χ1) is 13.3. The van der Waals surface area contributed by atoms with Crippen LogP contribution >= 0.6 is 0 Å². The number of carbonyl (C=O) groups is 2. The molecule has 2 rings (SSSR count). The summed E-state index contributed by atoms with van der Waals surface area (Å²) in [6, 6.07) is 12.5. The van der Waals surface area contributed by atoms with Crippen molar-refractivity contribution in [2.24, 2.45) is 0 Å². The molecule has 28 heavy (non-hydrogen) atoms. The van der Waals surface area contributed by atoms with Crippen molar-refractivity contribution in [1.82, 2.24) is 10.2 Å². The lowest BCUT2D eigenvalue weighted by Gasteiger charge is -2.25. The number of nitro benzene ring substituents is 1. The maximum absolute atomic E-state index is 12.5. The summed E-state index contributed by atoms with van der Waals surface area (Å²) in [5, 5.41) is 13.5. The minimum atomic E-state index is -0.478. The summed E-state index contributed by atoms with van der Waals surface area (Å²) in [4.78, 5) is 36.8. The molecular weight excluding hydrogens is 362 g/mol. The van der Waals surface area contributed by atoms with Gasteiger partial charge in [-0.2, -0.15) is 0 Å². The highest BCUT2D eigenvalue weighted by atomic mass is 16.6. The number of non-ortho nitro benzene ring substituents is 1. The summed E-state index contributed by atoms with van der Waals surface area (Å²) in [5.74, 6) is -0.275. The zero-order chi connectivity index (χ0) is 20.7. The smallest absolute Gasteiger partial charge is 0.269 e. The van der Waals surface area contributed by atoms with Crippen molar-refractivity contribution in [3.05, 3.63) is 69.8 Å². The largest absolute Gasteiger partial charge is 0.493 e. The zero-order valence-corrected chi connectivity index (χ0v) is 16.0. The summed E-state index contributed by atoms with van der Waals surface area (Å²) in [6.07, 6.45) is 0. The second-order valence-electron chi connectivity index (χ2n) is 6.14. The van der Waals surface area contributed by atoms with Gasteiger partial charge in [0.1, 0.15) is 5.75 Å². The Hall–Kier alpha value is -3.42. The van der Waals surface area contributed by atoms with E-state index in [4.69, 9.17) is 4.74 Å². The topological polar surface area (TPSA) is 102 Å². The van der Waals surface area contributed by atoms with Gasteiger partial charge >= 0.3 is 0 Å². The number of nitrogens with one attached hydrogen (secondary N) is 1. The van der Waals surface area contributed by atoms with Crippen LogP contribution in [-0.4, -0.2) is 41.8 Å². The van der Waals surface area contributed by atoms with Crippen molar-refractivity contribution >= 4 is 17.5 Å². The highest BCUT2D eigenvalue weighted by molar-refractivity contribution is 5.98. The lowest BCUT2D eigenvalue weighted by atomic mass is 10.1. The molecule has 8 heteroatoms. The van der Waals surface area contributed by atoms with Gasteiger partial charge in [-0.25, -0.2) is 0 Å². The van der Waals surface area contributed by atoms with Crippen LogP contribution in [0, 0.1) is 10.1 Å². The third-order valence-corrected chi connectivity index (χ3v) is 4.37. The minimum absolute atomic E-state index is 0.0361. The molecular formula is C20H23N3O5. The molecule has 0 saturated carbocycles. The molecule has 0 saturated heterocycles. The molecule has 0 aliphatic rings. The van der Waals surface area contributed by atoms with Gasteiger partial charge in [0.25, 0.3) is 11.6 Å². The Kier molecular flexibility index (Phi) is 7.08. The number of para-hydroxylation sites is 1. The minimum Gasteiger partial charge on any atom is -0.493 e. The molecule has 0 heterocycles. The van der Waals surface area contributed by atoms with Crippen LogP contribution in [0.3, 0.4) is 0 Å². The van der Waals surface area contributed by atoms with Crippen LogP contribution in [0.1, 0.15) is 35.8 Å². The number of ether oxygens (including phenoxy) is 1. The van der Waals surface area contributed by atoms with Crippen molar-refractivity contribution in [3.8, 4) is 5.75 Å². The van der Waals surface area contributed by atoms with Crippen molar-refractivity contribution in [2.45, 2.75) is 19.9 Å². The molecule has 0 bridgehead atoms. The van der Waals surface area contributed by atoms with Crippen molar-refractivity contribution in [2.75, 3.05) is 20.2 Å². The Morgan fingerprint density at radius 3 is 2.61 bits per heavy atom. The third-order valence-electron chi connectivity index (χ3n) is 4.37. The molecule has 0 radical (unpaired) electrons. The quantitative estimate of drug-likeness (QED) is 0.556. The normalized spacial score (nSPS) is 11.4. The van der Waals surface area contributed by atoms with Crippen LogP contribution in [0.5, 0.6) is 5.75 Å². The lowest BCUT2D eigenvalue weighted by Crippen LogP contribution is -2.39. The van der Waals surface area contributed by atoms with E-state index in [9.17, 15) is 19.7 Å². The van der Waals surface area contributed by atoms with E-state index in [2.05, 4.69) is 5.32 Å². The Morgan fingerprint density at radius 2 is 1.93 bits per heavy atom. The average molecular weight is 385 g/mol. The first kappa shape index (κ1) is 20.9. The van der Waals surface area contributed by atoms with E-state index in [-0.39, 0.29) is 24.2 Å². The second kappa shape index (κ2) is 9.50. The number of amides is 2. The number of carbonyl (C=O) groups excluding carboxylic acids is 2. The van der Waals surface area contributed by atoms with Crippen molar-refractivity contribution in [1.29, 1.82) is 0 Å². The van der Waals surface area contributed by atoms with E-state index in [1.165, 1.54) is 17.0 Å². The number of likely N-dealkylation sites (N-methyl/N-ethyl adjacent to an activating group) is 1. The van der Waals surface area contributed by atoms with Gasteiger partial charge in [-0.05, 0) is 31.5 Å². The Labute approximate surface area is 163 Å². The SMILES string of the molecule is CCOc1ccccc1C(=O)NCC(=O)N(C)[C@@H](C)c1cccc([N+](=O)[O-])c1. The van der Waals surface area contributed by atoms with Crippen molar-refractivity contribution in [3.63, 3.8) is 0 Å². The summed E-state index contributed by atoms with van der Waals surface area (Å²) in [6.45, 7) is 3.81. The van der Waals surface area contributed by atoms with Crippen LogP contribution in [0.15, 0.2) is 48.5 Å². The molecule has 148 valence electrons. The number of nitrogens with zero attached hydrogens (tertiary/aromatic N) is 2. The fraction of sp³-hybridized carbons (Fsp3) is 0.300. The third kappa shape index (κ3) is 5.06. The Balaban J connectivity index is 2.01. The van der Waals surface area contributed by atoms with E-state index in [1.54, 1.807) is 50.4 Å². The number of rotatable bonds is 8. The predicted octanol–water partition coefficient (Wildman–Crippen LogP) is 2.94. The first-order valence-corrected chi connectivity index (χ1v) is 8.85. The van der Waals surface area contributed by atoms with Crippen LogP contribution in [0.25, 0.3) is 0 Å². The standard InChI is InChI=1S/C20H23N3O5/c1-4-28-18-11-6-5-10-17(18)20(25)21-13-19(24)22(3)14(2)15-8-7-9-16(12-15)23(26)27/h5-12,14H,4,13H2,1-3H3,(H,21,25)/t14-/m0/s1. The molecule has 0 aliphatic carbocycles. The van der Waals surface area contributed by atoms with Gasteiger partial charge in [0.05, 0.1) is 29.7 Å². The number of hydrogen-bond donors (Lipinski definition) is 1.